The van der Waals surface area contributed by atoms with Gasteiger partial charge in [0.25, 0.3) is 0 Å². The molecule has 0 radical (unpaired) electrons. The van der Waals surface area contributed by atoms with Crippen LogP contribution in [0.3, 0.4) is 0 Å². The topological polar surface area (TPSA) is 28.0 Å². The quantitative estimate of drug-likeness (QED) is 0.551. The van der Waals surface area contributed by atoms with Gasteiger partial charge in [-0.05, 0) is 37.3 Å². The number of azo groups is 1. The maximum Gasteiger partial charge on any atom is 0.0858 e. The van der Waals surface area contributed by atoms with Crippen LogP contribution >= 0.6 is 0 Å². The molecule has 0 aliphatic heterocycles. The Hall–Kier alpha value is -2.16. The van der Waals surface area contributed by atoms with Crippen LogP contribution in [0.15, 0.2) is 71.1 Å². The highest BCUT2D eigenvalue weighted by Crippen LogP contribution is 2.18. The van der Waals surface area contributed by atoms with Gasteiger partial charge in [-0.15, -0.1) is 0 Å². The van der Waals surface area contributed by atoms with Crippen molar-refractivity contribution in [3.8, 4) is 0 Å². The van der Waals surface area contributed by atoms with Gasteiger partial charge in [0.05, 0.1) is 11.4 Å². The number of allylic oxidation sites excluding steroid dienone is 4. The van der Waals surface area contributed by atoms with E-state index >= 15 is 0 Å². The zero-order chi connectivity index (χ0) is 13.4. The van der Waals surface area contributed by atoms with Crippen molar-refractivity contribution < 1.29 is 0 Å². The molecule has 0 fully saturated rings. The molecule has 0 heterocycles. The van der Waals surface area contributed by atoms with Crippen molar-refractivity contribution in [3.63, 3.8) is 0 Å². The van der Waals surface area contributed by atoms with E-state index in [1.807, 2.05) is 74.5 Å². The Kier molecular flexibility index (Phi) is 5.58. The Morgan fingerprint density at radius 3 is 2.39 bits per heavy atom. The fraction of sp³-hybridized carbons (Fsp3) is 0.200. The summed E-state index contributed by atoms with van der Waals surface area (Å²) in [6, 6.07) is 7.88. The van der Waals surface area contributed by atoms with Crippen molar-refractivity contribution in [1.29, 1.82) is 0 Å². The van der Waals surface area contributed by atoms with Crippen LogP contribution in [0, 0.1) is 0 Å². The second-order valence-corrected chi connectivity index (χ2v) is 3.99. The van der Waals surface area contributed by atoms with E-state index in [0.717, 1.165) is 11.4 Å². The van der Waals surface area contributed by atoms with Gasteiger partial charge >= 0.3 is 0 Å². The normalized spacial score (nSPS) is 11.7. The highest BCUT2D eigenvalue weighted by Gasteiger charge is 1.94. The summed E-state index contributed by atoms with van der Waals surface area (Å²) in [5, 5.41) is 8.15. The third kappa shape index (κ3) is 4.78. The van der Waals surface area contributed by atoms with Crippen LogP contribution in [0.5, 0.6) is 0 Å². The Bertz CT molecular complexity index is 465. The molecule has 1 aromatic carbocycles. The van der Waals surface area contributed by atoms with E-state index in [4.69, 9.17) is 0 Å². The van der Waals surface area contributed by atoms with E-state index < -0.39 is 0 Å². The lowest BCUT2D eigenvalue weighted by Gasteiger charge is -2.11. The number of nitrogens with zero attached hydrogens (tertiary/aromatic N) is 3. The van der Waals surface area contributed by atoms with Crippen molar-refractivity contribution in [3.05, 3.63) is 60.8 Å². The van der Waals surface area contributed by atoms with Crippen molar-refractivity contribution in [1.82, 2.24) is 0 Å². The number of hydrogen-bond acceptors (Lipinski definition) is 3. The van der Waals surface area contributed by atoms with Gasteiger partial charge in [0.2, 0.25) is 0 Å². The van der Waals surface area contributed by atoms with E-state index in [-0.39, 0.29) is 0 Å². The second-order valence-electron chi connectivity index (χ2n) is 3.99. The van der Waals surface area contributed by atoms with Gasteiger partial charge in [-0.3, -0.25) is 0 Å². The summed E-state index contributed by atoms with van der Waals surface area (Å²) >= 11 is 0. The molecule has 0 unspecified atom stereocenters. The van der Waals surface area contributed by atoms with E-state index in [1.165, 1.54) is 0 Å². The molecular formula is C15H19N3. The monoisotopic (exact) mass is 241 g/mol. The minimum Gasteiger partial charge on any atom is -0.378 e. The first-order valence-corrected chi connectivity index (χ1v) is 5.81. The summed E-state index contributed by atoms with van der Waals surface area (Å²) < 4.78 is 0. The van der Waals surface area contributed by atoms with E-state index in [2.05, 4.69) is 16.8 Å². The number of hydrogen-bond donors (Lipinski definition) is 0. The first kappa shape index (κ1) is 13.9. The minimum absolute atomic E-state index is 0.629. The molecule has 0 N–H and O–H groups in total. The maximum atomic E-state index is 4.12. The Balaban J connectivity index is 2.64. The van der Waals surface area contributed by atoms with Crippen LogP contribution in [0.2, 0.25) is 0 Å². The minimum atomic E-state index is 0.629. The summed E-state index contributed by atoms with van der Waals surface area (Å²) in [5.41, 5.74) is 2.59. The third-order valence-corrected chi connectivity index (χ3v) is 2.25. The molecule has 0 spiro atoms. The molecule has 1 rings (SSSR count). The summed E-state index contributed by atoms with van der Waals surface area (Å²) in [7, 11) is 4.01. The second kappa shape index (κ2) is 7.22. The van der Waals surface area contributed by atoms with Crippen LogP contribution in [-0.4, -0.2) is 14.1 Å². The molecule has 0 bridgehead atoms. The summed E-state index contributed by atoms with van der Waals surface area (Å²) in [5.74, 6) is 0. The van der Waals surface area contributed by atoms with Gasteiger partial charge in [0, 0.05) is 19.8 Å². The Morgan fingerprint density at radius 2 is 1.83 bits per heavy atom. The Morgan fingerprint density at radius 1 is 1.17 bits per heavy atom. The fourth-order valence-electron chi connectivity index (χ4n) is 1.25. The third-order valence-electron chi connectivity index (χ3n) is 2.25. The zero-order valence-electron chi connectivity index (χ0n) is 11.2. The average Bonchev–Trinajstić information content (AvgIpc) is 2.37. The van der Waals surface area contributed by atoms with E-state index in [0.29, 0.717) is 5.70 Å². The summed E-state index contributed by atoms with van der Waals surface area (Å²) in [6.45, 7) is 5.76. The predicted molar refractivity (Wildman–Crippen MR) is 78.4 cm³/mol. The molecule has 0 aromatic heterocycles. The van der Waals surface area contributed by atoms with Crippen LogP contribution in [0.25, 0.3) is 0 Å². The largest absolute Gasteiger partial charge is 0.378 e. The number of benzene rings is 1. The molecule has 3 nitrogen and oxygen atoms in total. The van der Waals surface area contributed by atoms with Crippen LogP contribution in [0.4, 0.5) is 11.4 Å². The molecule has 1 aromatic rings. The van der Waals surface area contributed by atoms with Crippen molar-refractivity contribution >= 4 is 11.4 Å². The molecular weight excluding hydrogens is 222 g/mol. The first-order valence-electron chi connectivity index (χ1n) is 5.81. The van der Waals surface area contributed by atoms with E-state index in [1.54, 1.807) is 0 Å². The van der Waals surface area contributed by atoms with Gasteiger partial charge in [-0.25, -0.2) is 0 Å². The fourth-order valence-corrected chi connectivity index (χ4v) is 1.25. The Labute approximate surface area is 109 Å². The number of anilines is 1. The molecule has 0 saturated heterocycles. The molecule has 0 saturated carbocycles. The van der Waals surface area contributed by atoms with Crippen LogP contribution in [-0.2, 0) is 0 Å². The van der Waals surface area contributed by atoms with Gasteiger partial charge in [-0.1, -0.05) is 24.8 Å². The molecule has 18 heavy (non-hydrogen) atoms. The van der Waals surface area contributed by atoms with Crippen molar-refractivity contribution in [2.24, 2.45) is 10.2 Å². The number of rotatable bonds is 5. The smallest absolute Gasteiger partial charge is 0.0858 e. The van der Waals surface area contributed by atoms with Crippen LogP contribution < -0.4 is 4.90 Å². The lowest BCUT2D eigenvalue weighted by atomic mass is 10.3. The highest BCUT2D eigenvalue weighted by atomic mass is 15.1. The van der Waals surface area contributed by atoms with Crippen LogP contribution in [0.1, 0.15) is 6.92 Å². The molecule has 0 aliphatic carbocycles. The highest BCUT2D eigenvalue weighted by molar-refractivity contribution is 5.51. The zero-order valence-corrected chi connectivity index (χ0v) is 11.2. The maximum absolute atomic E-state index is 4.12. The van der Waals surface area contributed by atoms with Crippen molar-refractivity contribution in [2.75, 3.05) is 19.0 Å². The van der Waals surface area contributed by atoms with Gasteiger partial charge in [-0.2, -0.15) is 10.2 Å². The lowest BCUT2D eigenvalue weighted by molar-refractivity contribution is 1.13. The molecule has 3 heteroatoms. The van der Waals surface area contributed by atoms with Crippen molar-refractivity contribution in [2.45, 2.75) is 6.92 Å². The molecule has 94 valence electrons. The molecule has 0 atom stereocenters. The SMILES string of the molecule is C=C(/C=C\C=C/C)/N=N/c1ccc(N(C)C)cc1. The van der Waals surface area contributed by atoms with Gasteiger partial charge in [0.1, 0.15) is 0 Å². The molecule has 0 aliphatic rings. The summed E-state index contributed by atoms with van der Waals surface area (Å²) in [6.07, 6.45) is 7.57. The predicted octanol–water partition coefficient (Wildman–Crippen LogP) is 4.48. The first-order chi connectivity index (χ1) is 8.63. The lowest BCUT2D eigenvalue weighted by Crippen LogP contribution is -2.07. The van der Waals surface area contributed by atoms with E-state index in [9.17, 15) is 0 Å². The summed E-state index contributed by atoms with van der Waals surface area (Å²) in [4.78, 5) is 2.04. The average molecular weight is 241 g/mol. The standard InChI is InChI=1S/C15H19N3/c1-5-6-7-8-13(2)16-17-14-9-11-15(12-10-14)18(3)4/h5-12H,2H2,1,3-4H3/b6-5-,8-7-,17-16+. The molecule has 0 amide bonds. The van der Waals surface area contributed by atoms with Gasteiger partial charge in [0.15, 0.2) is 0 Å². The van der Waals surface area contributed by atoms with Gasteiger partial charge < -0.3 is 4.90 Å².